The standard InChI is InChI=1S/C13H17N/c1-3-7-13(14-2)11-10-12-8-5-4-6-9-12/h4-6,8-9,13-14H,3,7H2,1-2H3. The summed E-state index contributed by atoms with van der Waals surface area (Å²) in [4.78, 5) is 0. The molecule has 0 fully saturated rings. The lowest BCUT2D eigenvalue weighted by atomic mass is 10.1. The fraction of sp³-hybridized carbons (Fsp3) is 0.385. The molecular weight excluding hydrogens is 170 g/mol. The molecule has 0 aromatic heterocycles. The lowest BCUT2D eigenvalue weighted by molar-refractivity contribution is 0.620. The quantitative estimate of drug-likeness (QED) is 0.717. The molecule has 1 heteroatoms. The molecule has 0 aliphatic carbocycles. The van der Waals surface area contributed by atoms with Crippen molar-refractivity contribution < 1.29 is 0 Å². The van der Waals surface area contributed by atoms with E-state index in [1.165, 1.54) is 0 Å². The van der Waals surface area contributed by atoms with Crippen molar-refractivity contribution in [3.63, 3.8) is 0 Å². The summed E-state index contributed by atoms with van der Waals surface area (Å²) in [5.74, 6) is 6.39. The van der Waals surface area contributed by atoms with E-state index in [9.17, 15) is 0 Å². The Morgan fingerprint density at radius 2 is 2.00 bits per heavy atom. The van der Waals surface area contributed by atoms with Crippen molar-refractivity contribution in [1.29, 1.82) is 0 Å². The Hall–Kier alpha value is -1.26. The molecule has 14 heavy (non-hydrogen) atoms. The molecule has 1 unspecified atom stereocenters. The molecule has 1 N–H and O–H groups in total. The third-order valence-corrected chi connectivity index (χ3v) is 2.09. The highest BCUT2D eigenvalue weighted by molar-refractivity contribution is 5.34. The summed E-state index contributed by atoms with van der Waals surface area (Å²) < 4.78 is 0. The number of nitrogens with one attached hydrogen (secondary N) is 1. The maximum absolute atomic E-state index is 3.23. The average Bonchev–Trinajstić information content (AvgIpc) is 2.25. The van der Waals surface area contributed by atoms with Gasteiger partial charge in [-0.1, -0.05) is 43.4 Å². The second-order valence-electron chi connectivity index (χ2n) is 3.27. The lowest BCUT2D eigenvalue weighted by Crippen LogP contribution is -2.22. The van der Waals surface area contributed by atoms with Crippen LogP contribution in [0.4, 0.5) is 0 Å². The maximum Gasteiger partial charge on any atom is 0.0690 e. The second-order valence-corrected chi connectivity index (χ2v) is 3.27. The Morgan fingerprint density at radius 1 is 1.29 bits per heavy atom. The van der Waals surface area contributed by atoms with Crippen LogP contribution in [-0.2, 0) is 0 Å². The molecule has 1 aromatic rings. The van der Waals surface area contributed by atoms with Gasteiger partial charge in [0.2, 0.25) is 0 Å². The van der Waals surface area contributed by atoms with Crippen LogP contribution in [0.3, 0.4) is 0 Å². The number of hydrogen-bond donors (Lipinski definition) is 1. The smallest absolute Gasteiger partial charge is 0.0690 e. The topological polar surface area (TPSA) is 12.0 Å². The summed E-state index contributed by atoms with van der Waals surface area (Å²) in [5.41, 5.74) is 1.09. The first-order chi connectivity index (χ1) is 6.86. The van der Waals surface area contributed by atoms with Gasteiger partial charge in [-0.25, -0.2) is 0 Å². The van der Waals surface area contributed by atoms with E-state index in [-0.39, 0.29) is 0 Å². The number of benzene rings is 1. The molecule has 1 atom stereocenters. The first-order valence-corrected chi connectivity index (χ1v) is 5.10. The van der Waals surface area contributed by atoms with E-state index in [0.29, 0.717) is 6.04 Å². The van der Waals surface area contributed by atoms with E-state index in [1.807, 2.05) is 37.4 Å². The third kappa shape index (κ3) is 3.64. The van der Waals surface area contributed by atoms with Gasteiger partial charge in [-0.15, -0.1) is 0 Å². The van der Waals surface area contributed by atoms with Gasteiger partial charge in [-0.05, 0) is 25.6 Å². The van der Waals surface area contributed by atoms with E-state index in [2.05, 4.69) is 24.1 Å². The van der Waals surface area contributed by atoms with Gasteiger partial charge < -0.3 is 5.32 Å². The molecule has 0 radical (unpaired) electrons. The number of rotatable bonds is 3. The fourth-order valence-corrected chi connectivity index (χ4v) is 1.27. The van der Waals surface area contributed by atoms with E-state index in [0.717, 1.165) is 18.4 Å². The normalized spacial score (nSPS) is 11.6. The first-order valence-electron chi connectivity index (χ1n) is 5.10. The molecule has 1 rings (SSSR count). The minimum Gasteiger partial charge on any atom is -0.307 e. The van der Waals surface area contributed by atoms with Gasteiger partial charge >= 0.3 is 0 Å². The maximum atomic E-state index is 3.23. The molecular formula is C13H17N. The van der Waals surface area contributed by atoms with Crippen LogP contribution in [0.2, 0.25) is 0 Å². The van der Waals surface area contributed by atoms with Gasteiger partial charge in [0, 0.05) is 5.56 Å². The van der Waals surface area contributed by atoms with Crippen LogP contribution in [-0.4, -0.2) is 13.1 Å². The molecule has 0 aliphatic rings. The zero-order valence-electron chi connectivity index (χ0n) is 8.88. The Balaban J connectivity index is 2.61. The second kappa shape index (κ2) is 6.23. The Labute approximate surface area is 86.5 Å². The predicted octanol–water partition coefficient (Wildman–Crippen LogP) is 2.43. The fourth-order valence-electron chi connectivity index (χ4n) is 1.27. The molecule has 74 valence electrons. The van der Waals surface area contributed by atoms with Crippen molar-refractivity contribution in [3.05, 3.63) is 35.9 Å². The van der Waals surface area contributed by atoms with Crippen LogP contribution in [0.1, 0.15) is 25.3 Å². The first kappa shape index (κ1) is 10.8. The summed E-state index contributed by atoms with van der Waals surface area (Å²) in [7, 11) is 1.96. The average molecular weight is 187 g/mol. The van der Waals surface area contributed by atoms with Crippen LogP contribution in [0, 0.1) is 11.8 Å². The van der Waals surface area contributed by atoms with Gasteiger partial charge in [0.15, 0.2) is 0 Å². The SMILES string of the molecule is CCCC(C#Cc1ccccc1)NC. The zero-order chi connectivity index (χ0) is 10.2. The molecule has 0 saturated carbocycles. The van der Waals surface area contributed by atoms with Crippen LogP contribution in [0.5, 0.6) is 0 Å². The monoisotopic (exact) mass is 187 g/mol. The summed E-state index contributed by atoms with van der Waals surface area (Å²) in [5, 5.41) is 3.20. The zero-order valence-corrected chi connectivity index (χ0v) is 8.88. The van der Waals surface area contributed by atoms with Gasteiger partial charge in [-0.2, -0.15) is 0 Å². The van der Waals surface area contributed by atoms with Gasteiger partial charge in [-0.3, -0.25) is 0 Å². The van der Waals surface area contributed by atoms with Crippen molar-refractivity contribution in [2.24, 2.45) is 0 Å². The summed E-state index contributed by atoms with van der Waals surface area (Å²) in [6.07, 6.45) is 2.27. The van der Waals surface area contributed by atoms with Crippen LogP contribution >= 0.6 is 0 Å². The Bertz CT molecular complexity index is 305. The molecule has 0 aliphatic heterocycles. The van der Waals surface area contributed by atoms with Crippen LogP contribution < -0.4 is 5.32 Å². The molecule has 0 heterocycles. The van der Waals surface area contributed by atoms with Crippen LogP contribution in [0.15, 0.2) is 30.3 Å². The molecule has 1 aromatic carbocycles. The molecule has 0 amide bonds. The number of hydrogen-bond acceptors (Lipinski definition) is 1. The summed E-state index contributed by atoms with van der Waals surface area (Å²) >= 11 is 0. The van der Waals surface area contributed by atoms with Crippen molar-refractivity contribution in [2.75, 3.05) is 7.05 Å². The molecule has 0 bridgehead atoms. The van der Waals surface area contributed by atoms with E-state index < -0.39 is 0 Å². The Kier molecular flexibility index (Phi) is 4.82. The minimum absolute atomic E-state index is 0.320. The highest BCUT2D eigenvalue weighted by Gasteiger charge is 1.97. The van der Waals surface area contributed by atoms with Gasteiger partial charge in [0.25, 0.3) is 0 Å². The molecule has 1 nitrogen and oxygen atoms in total. The van der Waals surface area contributed by atoms with E-state index in [4.69, 9.17) is 0 Å². The summed E-state index contributed by atoms with van der Waals surface area (Å²) in [6.45, 7) is 2.18. The minimum atomic E-state index is 0.320. The van der Waals surface area contributed by atoms with Gasteiger partial charge in [0.05, 0.1) is 6.04 Å². The predicted molar refractivity (Wildman–Crippen MR) is 61.1 cm³/mol. The molecule has 0 spiro atoms. The highest BCUT2D eigenvalue weighted by atomic mass is 14.8. The van der Waals surface area contributed by atoms with Crippen LogP contribution in [0.25, 0.3) is 0 Å². The van der Waals surface area contributed by atoms with Crippen molar-refractivity contribution in [1.82, 2.24) is 5.32 Å². The Morgan fingerprint density at radius 3 is 2.57 bits per heavy atom. The van der Waals surface area contributed by atoms with Crippen molar-refractivity contribution >= 4 is 0 Å². The molecule has 0 saturated heterocycles. The highest BCUT2D eigenvalue weighted by Crippen LogP contribution is 1.97. The summed E-state index contributed by atoms with van der Waals surface area (Å²) in [6, 6.07) is 10.4. The lowest BCUT2D eigenvalue weighted by Gasteiger charge is -2.05. The van der Waals surface area contributed by atoms with Gasteiger partial charge in [0.1, 0.15) is 0 Å². The largest absolute Gasteiger partial charge is 0.307 e. The van der Waals surface area contributed by atoms with Crippen molar-refractivity contribution in [3.8, 4) is 11.8 Å². The van der Waals surface area contributed by atoms with Crippen molar-refractivity contribution in [2.45, 2.75) is 25.8 Å². The van der Waals surface area contributed by atoms with E-state index >= 15 is 0 Å². The van der Waals surface area contributed by atoms with E-state index in [1.54, 1.807) is 0 Å². The third-order valence-electron chi connectivity index (χ3n) is 2.09.